The van der Waals surface area contributed by atoms with E-state index in [1.807, 2.05) is 33.0 Å². The fourth-order valence-corrected chi connectivity index (χ4v) is 1.69. The summed E-state index contributed by atoms with van der Waals surface area (Å²) in [6.45, 7) is 12.6. The number of rotatable bonds is 3. The molecule has 1 rings (SSSR count). The molecular weight excluding hydrogens is 252 g/mol. The molecular formula is C16H26N2O2. The molecule has 1 N–H and O–H groups in total. The van der Waals surface area contributed by atoms with E-state index < -0.39 is 5.60 Å². The Labute approximate surface area is 121 Å². The summed E-state index contributed by atoms with van der Waals surface area (Å²) in [5, 5.41) is 2.74. The van der Waals surface area contributed by atoms with Crippen molar-refractivity contribution in [2.75, 3.05) is 6.54 Å². The second kappa shape index (κ2) is 6.25. The molecule has 0 aromatic carbocycles. The van der Waals surface area contributed by atoms with E-state index in [0.29, 0.717) is 13.0 Å². The Kier molecular flexibility index (Phi) is 5.15. The van der Waals surface area contributed by atoms with Crippen LogP contribution in [0.25, 0.3) is 0 Å². The van der Waals surface area contributed by atoms with Gasteiger partial charge in [0.05, 0.1) is 0 Å². The number of hydrogen-bond acceptors (Lipinski definition) is 3. The average Bonchev–Trinajstić information content (AvgIpc) is 2.25. The lowest BCUT2D eigenvalue weighted by Gasteiger charge is -2.20. The summed E-state index contributed by atoms with van der Waals surface area (Å²) in [7, 11) is 0. The maximum atomic E-state index is 11.5. The number of alkyl carbamates (subject to hydrolysis) is 1. The van der Waals surface area contributed by atoms with Gasteiger partial charge in [0.2, 0.25) is 0 Å². The van der Waals surface area contributed by atoms with Crippen LogP contribution in [0.3, 0.4) is 0 Å². The van der Waals surface area contributed by atoms with Gasteiger partial charge in [0.15, 0.2) is 0 Å². The molecule has 0 atom stereocenters. The Morgan fingerprint density at radius 3 is 2.45 bits per heavy atom. The summed E-state index contributed by atoms with van der Waals surface area (Å²) in [4.78, 5) is 15.9. The zero-order valence-electron chi connectivity index (χ0n) is 13.4. The number of carbonyl (C=O) groups is 1. The van der Waals surface area contributed by atoms with Gasteiger partial charge in [0.25, 0.3) is 0 Å². The molecule has 0 radical (unpaired) electrons. The van der Waals surface area contributed by atoms with Crippen LogP contribution >= 0.6 is 0 Å². The van der Waals surface area contributed by atoms with Crippen molar-refractivity contribution in [3.63, 3.8) is 0 Å². The first-order valence-electron chi connectivity index (χ1n) is 7.00. The van der Waals surface area contributed by atoms with Gasteiger partial charge in [-0.05, 0) is 43.9 Å². The first-order chi connectivity index (χ1) is 9.08. The third kappa shape index (κ3) is 6.04. The van der Waals surface area contributed by atoms with Gasteiger partial charge in [-0.2, -0.15) is 0 Å². The van der Waals surface area contributed by atoms with Crippen molar-refractivity contribution in [2.24, 2.45) is 0 Å². The molecule has 4 heteroatoms. The van der Waals surface area contributed by atoms with Gasteiger partial charge in [0.1, 0.15) is 5.60 Å². The van der Waals surface area contributed by atoms with Crippen molar-refractivity contribution in [1.29, 1.82) is 0 Å². The van der Waals surface area contributed by atoms with Gasteiger partial charge in [-0.1, -0.05) is 20.8 Å². The SMILES string of the molecule is CC(C)(C)OC(=O)NCCc1cc(C(C)(C)C)ccn1. The van der Waals surface area contributed by atoms with E-state index in [2.05, 4.69) is 37.1 Å². The lowest BCUT2D eigenvalue weighted by Crippen LogP contribution is -2.33. The molecule has 0 aliphatic carbocycles. The van der Waals surface area contributed by atoms with Crippen molar-refractivity contribution in [3.8, 4) is 0 Å². The summed E-state index contributed by atoms with van der Waals surface area (Å²) >= 11 is 0. The van der Waals surface area contributed by atoms with Crippen LogP contribution in [-0.2, 0) is 16.6 Å². The molecule has 1 heterocycles. The Morgan fingerprint density at radius 2 is 1.90 bits per heavy atom. The van der Waals surface area contributed by atoms with E-state index in [0.717, 1.165) is 5.69 Å². The monoisotopic (exact) mass is 278 g/mol. The summed E-state index contributed by atoms with van der Waals surface area (Å²) in [5.41, 5.74) is 1.87. The van der Waals surface area contributed by atoms with E-state index in [4.69, 9.17) is 4.74 Å². The highest BCUT2D eigenvalue weighted by atomic mass is 16.6. The maximum Gasteiger partial charge on any atom is 0.407 e. The average molecular weight is 278 g/mol. The molecule has 0 aliphatic rings. The summed E-state index contributed by atoms with van der Waals surface area (Å²) in [6.07, 6.45) is 2.14. The Bertz CT molecular complexity index is 456. The fraction of sp³-hybridized carbons (Fsp3) is 0.625. The van der Waals surface area contributed by atoms with Crippen molar-refractivity contribution in [3.05, 3.63) is 29.6 Å². The second-order valence-corrected chi connectivity index (χ2v) is 6.96. The third-order valence-electron chi connectivity index (χ3n) is 2.73. The molecule has 0 fully saturated rings. The van der Waals surface area contributed by atoms with Crippen LogP contribution in [0.2, 0.25) is 0 Å². The summed E-state index contributed by atoms with van der Waals surface area (Å²) in [5.74, 6) is 0. The highest BCUT2D eigenvalue weighted by molar-refractivity contribution is 5.67. The van der Waals surface area contributed by atoms with Crippen LogP contribution in [0.15, 0.2) is 18.3 Å². The highest BCUT2D eigenvalue weighted by Gasteiger charge is 2.16. The van der Waals surface area contributed by atoms with Gasteiger partial charge < -0.3 is 10.1 Å². The number of carbonyl (C=O) groups excluding carboxylic acids is 1. The second-order valence-electron chi connectivity index (χ2n) is 6.96. The van der Waals surface area contributed by atoms with E-state index in [1.54, 1.807) is 0 Å². The molecule has 0 saturated carbocycles. The quantitative estimate of drug-likeness (QED) is 0.921. The van der Waals surface area contributed by atoms with Crippen LogP contribution < -0.4 is 5.32 Å². The predicted molar refractivity (Wildman–Crippen MR) is 80.9 cm³/mol. The standard InChI is InChI=1S/C16H26N2O2/c1-15(2,3)12-7-9-17-13(11-12)8-10-18-14(19)20-16(4,5)6/h7,9,11H,8,10H2,1-6H3,(H,18,19). The molecule has 0 spiro atoms. The lowest BCUT2D eigenvalue weighted by molar-refractivity contribution is 0.0528. The van der Waals surface area contributed by atoms with E-state index in [-0.39, 0.29) is 11.5 Å². The first-order valence-corrected chi connectivity index (χ1v) is 7.00. The number of ether oxygens (including phenoxy) is 1. The van der Waals surface area contributed by atoms with Crippen molar-refractivity contribution < 1.29 is 9.53 Å². The van der Waals surface area contributed by atoms with Gasteiger partial charge >= 0.3 is 6.09 Å². The minimum Gasteiger partial charge on any atom is -0.444 e. The highest BCUT2D eigenvalue weighted by Crippen LogP contribution is 2.21. The normalized spacial score (nSPS) is 12.1. The van der Waals surface area contributed by atoms with Gasteiger partial charge in [-0.15, -0.1) is 0 Å². The van der Waals surface area contributed by atoms with Gasteiger partial charge in [-0.25, -0.2) is 4.79 Å². The number of nitrogens with one attached hydrogen (secondary N) is 1. The molecule has 1 aromatic rings. The molecule has 0 aliphatic heterocycles. The Hall–Kier alpha value is -1.58. The molecule has 112 valence electrons. The Morgan fingerprint density at radius 1 is 1.25 bits per heavy atom. The van der Waals surface area contributed by atoms with E-state index >= 15 is 0 Å². The van der Waals surface area contributed by atoms with Gasteiger partial charge in [0, 0.05) is 24.9 Å². The van der Waals surface area contributed by atoms with Crippen LogP contribution in [0.5, 0.6) is 0 Å². The maximum absolute atomic E-state index is 11.5. The summed E-state index contributed by atoms with van der Waals surface area (Å²) < 4.78 is 5.18. The van der Waals surface area contributed by atoms with E-state index in [1.165, 1.54) is 5.56 Å². The smallest absolute Gasteiger partial charge is 0.407 e. The van der Waals surface area contributed by atoms with Crippen LogP contribution in [0.4, 0.5) is 4.79 Å². The van der Waals surface area contributed by atoms with Crippen LogP contribution in [0.1, 0.15) is 52.8 Å². The number of aromatic nitrogens is 1. The molecule has 1 aromatic heterocycles. The minimum atomic E-state index is -0.464. The van der Waals surface area contributed by atoms with Crippen molar-refractivity contribution >= 4 is 6.09 Å². The molecule has 0 bridgehead atoms. The number of amides is 1. The van der Waals surface area contributed by atoms with Crippen molar-refractivity contribution in [1.82, 2.24) is 10.3 Å². The van der Waals surface area contributed by atoms with Crippen molar-refractivity contribution in [2.45, 2.75) is 59.0 Å². The first kappa shape index (κ1) is 16.5. The number of pyridine rings is 1. The van der Waals surface area contributed by atoms with Crippen LogP contribution in [-0.4, -0.2) is 23.2 Å². The molecule has 0 unspecified atom stereocenters. The zero-order valence-corrected chi connectivity index (χ0v) is 13.4. The number of nitrogens with zero attached hydrogens (tertiary/aromatic N) is 1. The lowest BCUT2D eigenvalue weighted by atomic mass is 9.87. The molecule has 20 heavy (non-hydrogen) atoms. The largest absolute Gasteiger partial charge is 0.444 e. The fourth-order valence-electron chi connectivity index (χ4n) is 1.69. The summed E-state index contributed by atoms with van der Waals surface area (Å²) in [6, 6.07) is 4.13. The molecule has 0 saturated heterocycles. The van der Waals surface area contributed by atoms with Gasteiger partial charge in [-0.3, -0.25) is 4.98 Å². The molecule has 4 nitrogen and oxygen atoms in total. The minimum absolute atomic E-state index is 0.107. The zero-order chi connectivity index (χ0) is 15.4. The molecule has 1 amide bonds. The van der Waals surface area contributed by atoms with Crippen LogP contribution in [0, 0.1) is 0 Å². The Balaban J connectivity index is 2.49. The van der Waals surface area contributed by atoms with E-state index in [9.17, 15) is 4.79 Å². The topological polar surface area (TPSA) is 51.2 Å². The number of hydrogen-bond donors (Lipinski definition) is 1. The third-order valence-corrected chi connectivity index (χ3v) is 2.73. The predicted octanol–water partition coefficient (Wildman–Crippen LogP) is 3.45.